The summed E-state index contributed by atoms with van der Waals surface area (Å²) in [5, 5.41) is 16.1. The molecule has 1 aliphatic carbocycles. The minimum atomic E-state index is -0.510. The number of allylic oxidation sites excluding steroid dienone is 1. The Kier molecular flexibility index (Phi) is 19.9. The van der Waals surface area contributed by atoms with E-state index in [0.29, 0.717) is 19.4 Å². The zero-order valence-corrected chi connectivity index (χ0v) is 24.7. The smallest absolute Gasteiger partial charge is 0.220 e. The summed E-state index contributed by atoms with van der Waals surface area (Å²) in [5.41, 5.74) is 9.71. The second-order valence-corrected chi connectivity index (χ2v) is 10.2. The molecule has 1 saturated heterocycles. The number of β-amino-alcohol motifs (C(OH)–C–C–N with tert-alkyl or cyclic N) is 1. The van der Waals surface area contributed by atoms with Crippen LogP contribution < -0.4 is 16.4 Å². The monoisotopic (exact) mass is 552 g/mol. The van der Waals surface area contributed by atoms with Gasteiger partial charge in [0.15, 0.2) is 0 Å². The summed E-state index contributed by atoms with van der Waals surface area (Å²) in [7, 11) is 0. The normalized spacial score (nSPS) is 15.3. The Morgan fingerprint density at radius 1 is 1.10 bits per heavy atom. The first-order valence-electron chi connectivity index (χ1n) is 14.7. The average molecular weight is 553 g/mol. The number of aryl methyl sites for hydroxylation is 2. The number of nitrogens with two attached hydrogens (primary N) is 1. The van der Waals surface area contributed by atoms with Gasteiger partial charge in [-0.25, -0.2) is 0 Å². The minimum absolute atomic E-state index is 0.315. The largest absolute Gasteiger partial charge is 0.392 e. The van der Waals surface area contributed by atoms with E-state index in [1.807, 2.05) is 37.3 Å². The van der Waals surface area contributed by atoms with Crippen molar-refractivity contribution in [1.82, 2.24) is 15.5 Å². The van der Waals surface area contributed by atoms with Gasteiger partial charge in [-0.15, -0.1) is 6.58 Å². The molecule has 5 N–H and O–H groups in total. The number of primary amides is 1. The lowest BCUT2D eigenvalue weighted by Gasteiger charge is -2.30. The molecular weight excluding hydrogens is 500 g/mol. The first-order chi connectivity index (χ1) is 19.4. The molecule has 0 radical (unpaired) electrons. The minimum Gasteiger partial charge on any atom is -0.392 e. The Hall–Kier alpha value is -3.00. The van der Waals surface area contributed by atoms with Crippen LogP contribution in [0.3, 0.4) is 0 Å². The van der Waals surface area contributed by atoms with E-state index in [-0.39, 0.29) is 11.8 Å². The highest BCUT2D eigenvalue weighted by molar-refractivity contribution is 5.77. The average Bonchev–Trinajstić information content (AvgIpc) is 3.44. The number of nitrogens with one attached hydrogen (secondary N) is 2. The highest BCUT2D eigenvalue weighted by Crippen LogP contribution is 2.20. The molecule has 7 nitrogen and oxygen atoms in total. The number of rotatable bonds is 11. The van der Waals surface area contributed by atoms with Crippen LogP contribution in [0.4, 0.5) is 0 Å². The van der Waals surface area contributed by atoms with Crippen LogP contribution in [-0.4, -0.2) is 67.7 Å². The zero-order chi connectivity index (χ0) is 29.4. The third-order valence-electron chi connectivity index (χ3n) is 6.73. The molecule has 40 heavy (non-hydrogen) atoms. The summed E-state index contributed by atoms with van der Waals surface area (Å²) in [6.45, 7) is 12.6. The van der Waals surface area contributed by atoms with Gasteiger partial charge in [-0.2, -0.15) is 0 Å². The molecule has 0 bridgehead atoms. The van der Waals surface area contributed by atoms with Crippen molar-refractivity contribution in [2.24, 2.45) is 11.7 Å². The Balaban J connectivity index is 0.000000343. The Morgan fingerprint density at radius 3 is 2.20 bits per heavy atom. The third-order valence-corrected chi connectivity index (χ3v) is 6.73. The molecule has 1 heterocycles. The number of aliphatic hydroxyl groups excluding tert-OH is 1. The highest BCUT2D eigenvalue weighted by Gasteiger charge is 2.22. The van der Waals surface area contributed by atoms with Crippen LogP contribution in [0, 0.1) is 5.92 Å². The molecule has 0 unspecified atom stereocenters. The van der Waals surface area contributed by atoms with E-state index in [0.717, 1.165) is 57.5 Å². The van der Waals surface area contributed by atoms with Crippen molar-refractivity contribution < 1.29 is 14.7 Å². The molecule has 2 atom stereocenters. The van der Waals surface area contributed by atoms with Crippen LogP contribution in [0.2, 0.25) is 0 Å². The fraction of sp³-hybridized carbons (Fsp3) is 0.515. The topological polar surface area (TPSA) is 108 Å². The van der Waals surface area contributed by atoms with Crippen molar-refractivity contribution in [2.45, 2.75) is 64.9 Å². The van der Waals surface area contributed by atoms with Crippen molar-refractivity contribution >= 4 is 12.3 Å². The maximum Gasteiger partial charge on any atom is 0.220 e. The first kappa shape index (κ1) is 35.0. The molecule has 0 saturated carbocycles. The van der Waals surface area contributed by atoms with Gasteiger partial charge in [-0.05, 0) is 62.1 Å². The number of hydrogen-bond acceptors (Lipinski definition) is 5. The molecule has 2 amide bonds. The zero-order valence-electron chi connectivity index (χ0n) is 24.7. The van der Waals surface area contributed by atoms with Crippen molar-refractivity contribution in [3.8, 4) is 0 Å². The van der Waals surface area contributed by atoms with Crippen LogP contribution in [0.25, 0.3) is 0 Å². The first-order valence-corrected chi connectivity index (χ1v) is 14.7. The summed E-state index contributed by atoms with van der Waals surface area (Å²) in [6, 6.07) is 18.5. The number of aliphatic hydroxyl groups is 1. The van der Waals surface area contributed by atoms with E-state index in [9.17, 15) is 14.7 Å². The lowest BCUT2D eigenvalue weighted by atomic mass is 9.93. The van der Waals surface area contributed by atoms with Crippen molar-refractivity contribution in [1.29, 1.82) is 0 Å². The number of benzene rings is 2. The van der Waals surface area contributed by atoms with E-state index >= 15 is 0 Å². The molecule has 222 valence electrons. The number of carbonyl (C=O) groups is 2. The molecule has 1 fully saturated rings. The summed E-state index contributed by atoms with van der Waals surface area (Å²) in [4.78, 5) is 23.4. The van der Waals surface area contributed by atoms with Crippen LogP contribution in [0.5, 0.6) is 0 Å². The third kappa shape index (κ3) is 16.2. The lowest BCUT2D eigenvalue weighted by molar-refractivity contribution is -0.122. The van der Waals surface area contributed by atoms with E-state index in [1.165, 1.54) is 19.3 Å². The number of piperazine rings is 1. The van der Waals surface area contributed by atoms with Crippen LogP contribution in [0.15, 0.2) is 67.3 Å². The van der Waals surface area contributed by atoms with E-state index in [2.05, 4.69) is 53.3 Å². The van der Waals surface area contributed by atoms with Gasteiger partial charge in [-0.3, -0.25) is 14.5 Å². The number of hydrogen-bond donors (Lipinski definition) is 4. The lowest BCUT2D eigenvalue weighted by Crippen LogP contribution is -2.46. The Bertz CT molecular complexity index is 909. The number of unbranched alkanes of at least 4 members (excludes halogenated alkanes) is 1. The number of fused-ring (bicyclic) bond motifs is 1. The molecular formula is C33H52N4O3. The standard InChI is InChI=1S/C16H25N3O2.C9H10.C5H11NO.C3H6/c17-16(21)14(10-13-4-2-1-3-5-13)11-15(20)12-19-8-6-18-7-9-19;1-2-5-9-7-3-6-8(9)4-1;1-2-3-4-6-5-7;1-3-2/h1-5,14-15,18,20H,6-12H2,(H2,17,21);1-2,4-5H,3,6-7H2;5H,2-4H2,1H3,(H,6,7);3H,1H2,2H3/t14-,15+;;;/m1.../s1. The Labute approximate surface area is 242 Å². The second-order valence-electron chi connectivity index (χ2n) is 10.2. The molecule has 4 rings (SSSR count). The maximum atomic E-state index is 11.6. The second kappa shape index (κ2) is 22.8. The summed E-state index contributed by atoms with van der Waals surface area (Å²) in [5.74, 6) is -0.650. The summed E-state index contributed by atoms with van der Waals surface area (Å²) in [6.07, 6.45) is 9.17. The molecule has 0 spiro atoms. The van der Waals surface area contributed by atoms with Gasteiger partial charge in [0.2, 0.25) is 12.3 Å². The van der Waals surface area contributed by atoms with Crippen LogP contribution in [0.1, 0.15) is 56.2 Å². The predicted molar refractivity (Wildman–Crippen MR) is 166 cm³/mol. The van der Waals surface area contributed by atoms with E-state index in [4.69, 9.17) is 5.73 Å². The molecule has 7 heteroatoms. The number of nitrogens with zero attached hydrogens (tertiary/aromatic N) is 1. The molecule has 2 aliphatic rings. The van der Waals surface area contributed by atoms with Gasteiger partial charge in [0.05, 0.1) is 6.10 Å². The maximum absolute atomic E-state index is 11.6. The molecule has 0 aromatic heterocycles. The molecule has 2 aromatic rings. The van der Waals surface area contributed by atoms with Gasteiger partial charge in [0, 0.05) is 45.2 Å². The number of carbonyl (C=O) groups excluding carboxylic acids is 2. The van der Waals surface area contributed by atoms with Crippen LogP contribution >= 0.6 is 0 Å². The highest BCUT2D eigenvalue weighted by atomic mass is 16.3. The summed E-state index contributed by atoms with van der Waals surface area (Å²) >= 11 is 0. The van der Waals surface area contributed by atoms with Gasteiger partial charge >= 0.3 is 0 Å². The Morgan fingerprint density at radius 2 is 1.68 bits per heavy atom. The van der Waals surface area contributed by atoms with Crippen LogP contribution in [-0.2, 0) is 28.9 Å². The summed E-state index contributed by atoms with van der Waals surface area (Å²) < 4.78 is 0. The molecule has 2 aromatic carbocycles. The van der Waals surface area contributed by atoms with Crippen molar-refractivity contribution in [3.05, 3.63) is 83.9 Å². The van der Waals surface area contributed by atoms with E-state index < -0.39 is 6.10 Å². The van der Waals surface area contributed by atoms with Gasteiger partial charge in [-0.1, -0.05) is 74.0 Å². The fourth-order valence-electron chi connectivity index (χ4n) is 4.65. The number of amides is 2. The quantitative estimate of drug-likeness (QED) is 0.192. The van der Waals surface area contributed by atoms with E-state index in [1.54, 1.807) is 17.2 Å². The van der Waals surface area contributed by atoms with Gasteiger partial charge in [0.1, 0.15) is 0 Å². The van der Waals surface area contributed by atoms with Crippen molar-refractivity contribution in [3.63, 3.8) is 0 Å². The fourth-order valence-corrected chi connectivity index (χ4v) is 4.65. The van der Waals surface area contributed by atoms with Crippen molar-refractivity contribution in [2.75, 3.05) is 39.3 Å². The predicted octanol–water partition coefficient (Wildman–Crippen LogP) is 3.89. The van der Waals surface area contributed by atoms with Gasteiger partial charge in [0.25, 0.3) is 0 Å². The SMILES string of the molecule is C=CC.CCCCNC=O.NC(=O)[C@H](Cc1ccccc1)C[C@H](O)CN1CCNCC1.c1ccc2c(c1)CCC2. The molecule has 1 aliphatic heterocycles. The van der Waals surface area contributed by atoms with Gasteiger partial charge < -0.3 is 21.5 Å².